The highest BCUT2D eigenvalue weighted by Crippen LogP contribution is 2.24. The van der Waals surface area contributed by atoms with Gasteiger partial charge in [0.15, 0.2) is 5.75 Å². The van der Waals surface area contributed by atoms with Crippen molar-refractivity contribution in [3.63, 3.8) is 0 Å². The number of carbonyl (C=O) groups excluding carboxylic acids is 1. The third-order valence-corrected chi connectivity index (χ3v) is 3.19. The monoisotopic (exact) mass is 287 g/mol. The van der Waals surface area contributed by atoms with E-state index in [0.29, 0.717) is 5.69 Å². The van der Waals surface area contributed by atoms with Crippen LogP contribution in [0, 0.1) is 13.8 Å². The molecule has 0 aliphatic heterocycles. The zero-order valence-electron chi connectivity index (χ0n) is 11.1. The van der Waals surface area contributed by atoms with Crippen LogP contribution in [0.2, 0.25) is 0 Å². The van der Waals surface area contributed by atoms with Crippen LogP contribution in [-0.2, 0) is 19.6 Å². The number of carbonyl (C=O) groups is 1. The van der Waals surface area contributed by atoms with Crippen LogP contribution in [0.25, 0.3) is 0 Å². The molecule has 0 radical (unpaired) electrons. The van der Waals surface area contributed by atoms with Crippen molar-refractivity contribution in [3.05, 3.63) is 29.3 Å². The first-order valence-electron chi connectivity index (χ1n) is 5.57. The van der Waals surface area contributed by atoms with E-state index < -0.39 is 21.8 Å². The smallest absolute Gasteiger partial charge is 0.274 e. The lowest BCUT2D eigenvalue weighted by Gasteiger charge is -2.25. The average molecular weight is 287 g/mol. The van der Waals surface area contributed by atoms with Crippen LogP contribution >= 0.6 is 0 Å². The molecule has 0 saturated heterocycles. The van der Waals surface area contributed by atoms with Crippen molar-refractivity contribution in [3.8, 4) is 0 Å². The summed E-state index contributed by atoms with van der Waals surface area (Å²) in [6, 6.07) is 5.46. The summed E-state index contributed by atoms with van der Waals surface area (Å²) in [6.07, 6.45) is 0. The first-order valence-corrected chi connectivity index (χ1v) is 7.18. The number of ether oxygens (including phenoxy) is 1. The molecule has 0 bridgehead atoms. The molecule has 0 saturated carbocycles. The molecule has 1 aromatic carbocycles. The summed E-state index contributed by atoms with van der Waals surface area (Å²) in [5, 5.41) is 0. The number of amides is 1. The molecule has 0 atom stereocenters. The number of benzene rings is 1. The lowest BCUT2D eigenvalue weighted by Crippen LogP contribution is -2.38. The van der Waals surface area contributed by atoms with E-state index in [9.17, 15) is 13.2 Å². The molecule has 0 spiro atoms. The minimum atomic E-state index is -4.37. The Bertz CT molecular complexity index is 547. The normalized spacial score (nSPS) is 11.4. The molecule has 0 aliphatic rings. The third-order valence-electron chi connectivity index (χ3n) is 2.57. The van der Waals surface area contributed by atoms with Gasteiger partial charge in [0.25, 0.3) is 10.1 Å². The number of rotatable bonds is 5. The molecule has 106 valence electrons. The van der Waals surface area contributed by atoms with Gasteiger partial charge >= 0.3 is 0 Å². The first-order chi connectivity index (χ1) is 8.76. The molecule has 0 aliphatic carbocycles. The zero-order chi connectivity index (χ0) is 14.6. The second-order valence-electron chi connectivity index (χ2n) is 4.21. The summed E-state index contributed by atoms with van der Waals surface area (Å²) in [6.45, 7) is 3.54. The Labute approximate surface area is 112 Å². The molecule has 0 aromatic heterocycles. The molecule has 1 rings (SSSR count). The SMILES string of the molecule is COCN(C(=O)CS(=O)(=O)O)c1c(C)cccc1C. The largest absolute Gasteiger partial charge is 0.364 e. The van der Waals surface area contributed by atoms with Gasteiger partial charge in [-0.15, -0.1) is 0 Å². The molecule has 1 N–H and O–H groups in total. The predicted molar refractivity (Wildman–Crippen MR) is 71.7 cm³/mol. The fourth-order valence-corrected chi connectivity index (χ4v) is 2.32. The summed E-state index contributed by atoms with van der Waals surface area (Å²) in [5.74, 6) is -1.70. The second kappa shape index (κ2) is 6.14. The van der Waals surface area contributed by atoms with Crippen molar-refractivity contribution < 1.29 is 22.5 Å². The Morgan fingerprint density at radius 2 is 1.84 bits per heavy atom. The minimum Gasteiger partial charge on any atom is -0.364 e. The van der Waals surface area contributed by atoms with Crippen LogP contribution in [0.4, 0.5) is 5.69 Å². The quantitative estimate of drug-likeness (QED) is 0.648. The second-order valence-corrected chi connectivity index (χ2v) is 5.66. The standard InChI is InChI=1S/C12H17NO5S/c1-9-5-4-6-10(2)12(9)13(8-18-3)11(14)7-19(15,16)17/h4-6H,7-8H2,1-3H3,(H,15,16,17). The van der Waals surface area contributed by atoms with E-state index in [2.05, 4.69) is 0 Å². The number of anilines is 1. The van der Waals surface area contributed by atoms with Gasteiger partial charge in [0.2, 0.25) is 5.91 Å². The van der Waals surface area contributed by atoms with Gasteiger partial charge in [-0.3, -0.25) is 14.2 Å². The van der Waals surface area contributed by atoms with Crippen LogP contribution in [0.3, 0.4) is 0 Å². The van der Waals surface area contributed by atoms with E-state index in [1.165, 1.54) is 12.0 Å². The predicted octanol–water partition coefficient (Wildman–Crippen LogP) is 1.13. The van der Waals surface area contributed by atoms with Gasteiger partial charge in [0.1, 0.15) is 6.73 Å². The molecule has 6 nitrogen and oxygen atoms in total. The molecule has 1 amide bonds. The Kier molecular flexibility index (Phi) is 5.04. The number of para-hydroxylation sites is 1. The van der Waals surface area contributed by atoms with Crippen molar-refractivity contribution in [1.82, 2.24) is 0 Å². The van der Waals surface area contributed by atoms with Crippen LogP contribution in [0.1, 0.15) is 11.1 Å². The Morgan fingerprint density at radius 1 is 1.32 bits per heavy atom. The maximum atomic E-state index is 12.0. The molecular weight excluding hydrogens is 270 g/mol. The highest BCUT2D eigenvalue weighted by molar-refractivity contribution is 7.86. The molecule has 0 fully saturated rings. The molecule has 7 heteroatoms. The molecule has 0 heterocycles. The number of aryl methyl sites for hydroxylation is 2. The number of methoxy groups -OCH3 is 1. The number of hydrogen-bond donors (Lipinski definition) is 1. The molecule has 1 aromatic rings. The Balaban J connectivity index is 3.17. The third kappa shape index (κ3) is 4.30. The summed E-state index contributed by atoms with van der Waals surface area (Å²) in [5.41, 5.74) is 2.24. The fraction of sp³-hybridized carbons (Fsp3) is 0.417. The van der Waals surface area contributed by atoms with Crippen LogP contribution in [0.15, 0.2) is 18.2 Å². The maximum Gasteiger partial charge on any atom is 0.274 e. The van der Waals surface area contributed by atoms with Gasteiger partial charge in [0.05, 0.1) is 5.69 Å². The Hall–Kier alpha value is -1.44. The van der Waals surface area contributed by atoms with Crippen molar-refractivity contribution in [2.75, 3.05) is 24.5 Å². The van der Waals surface area contributed by atoms with Gasteiger partial charge < -0.3 is 4.74 Å². The number of hydrogen-bond acceptors (Lipinski definition) is 4. The topological polar surface area (TPSA) is 83.9 Å². The lowest BCUT2D eigenvalue weighted by molar-refractivity contribution is -0.117. The zero-order valence-corrected chi connectivity index (χ0v) is 11.9. The highest BCUT2D eigenvalue weighted by atomic mass is 32.2. The summed E-state index contributed by atoms with van der Waals surface area (Å²) >= 11 is 0. The van der Waals surface area contributed by atoms with E-state index in [4.69, 9.17) is 9.29 Å². The van der Waals surface area contributed by atoms with E-state index in [0.717, 1.165) is 11.1 Å². The average Bonchev–Trinajstić information content (AvgIpc) is 2.25. The minimum absolute atomic E-state index is 0.0833. The molecule has 0 unspecified atom stereocenters. The van der Waals surface area contributed by atoms with Gasteiger partial charge in [-0.05, 0) is 25.0 Å². The lowest BCUT2D eigenvalue weighted by atomic mass is 10.1. The summed E-state index contributed by atoms with van der Waals surface area (Å²) in [4.78, 5) is 13.2. The van der Waals surface area contributed by atoms with E-state index in [-0.39, 0.29) is 6.73 Å². The van der Waals surface area contributed by atoms with Crippen LogP contribution in [0.5, 0.6) is 0 Å². The molecule has 19 heavy (non-hydrogen) atoms. The van der Waals surface area contributed by atoms with Gasteiger partial charge in [-0.2, -0.15) is 8.42 Å². The van der Waals surface area contributed by atoms with Crippen molar-refractivity contribution in [2.45, 2.75) is 13.8 Å². The van der Waals surface area contributed by atoms with Crippen molar-refractivity contribution in [2.24, 2.45) is 0 Å². The number of nitrogens with zero attached hydrogens (tertiary/aromatic N) is 1. The van der Waals surface area contributed by atoms with E-state index >= 15 is 0 Å². The van der Waals surface area contributed by atoms with Crippen LogP contribution < -0.4 is 4.90 Å². The molecular formula is C12H17NO5S. The Morgan fingerprint density at radius 3 is 2.26 bits per heavy atom. The van der Waals surface area contributed by atoms with Crippen molar-refractivity contribution in [1.29, 1.82) is 0 Å². The van der Waals surface area contributed by atoms with Gasteiger partial charge in [-0.1, -0.05) is 18.2 Å². The van der Waals surface area contributed by atoms with Crippen molar-refractivity contribution >= 4 is 21.7 Å². The van der Waals surface area contributed by atoms with E-state index in [1.54, 1.807) is 0 Å². The van der Waals surface area contributed by atoms with Crippen LogP contribution in [-0.4, -0.2) is 38.5 Å². The van der Waals surface area contributed by atoms with Gasteiger partial charge in [-0.25, -0.2) is 0 Å². The first kappa shape index (κ1) is 15.6. The fourth-order valence-electron chi connectivity index (χ4n) is 1.86. The summed E-state index contributed by atoms with van der Waals surface area (Å²) < 4.78 is 35.3. The highest BCUT2D eigenvalue weighted by Gasteiger charge is 2.23. The van der Waals surface area contributed by atoms with E-state index in [1.807, 2.05) is 32.0 Å². The maximum absolute atomic E-state index is 12.0. The summed E-state index contributed by atoms with van der Waals surface area (Å²) in [7, 11) is -2.96. The van der Waals surface area contributed by atoms with Gasteiger partial charge in [0, 0.05) is 7.11 Å².